The standard InChI is InChI=1S/C23H28FN5O2S/c1-5-28(18-9-7-17(24)8-10-18)22(30)14-32-23-27-26-21(29(23)25)13-31-20-12-16(4)6-11-19(20)15(2)3/h6-12,15H,5,13-14,25H2,1-4H3. The second-order valence-corrected chi connectivity index (χ2v) is 8.60. The zero-order chi connectivity index (χ0) is 23.3. The van der Waals surface area contributed by atoms with Gasteiger partial charge < -0.3 is 15.5 Å². The van der Waals surface area contributed by atoms with Gasteiger partial charge in [-0.1, -0.05) is 37.7 Å². The first kappa shape index (κ1) is 23.6. The van der Waals surface area contributed by atoms with Crippen molar-refractivity contribution in [3.63, 3.8) is 0 Å². The molecule has 1 heterocycles. The number of nitrogens with two attached hydrogens (primary N) is 1. The van der Waals surface area contributed by atoms with Crippen LogP contribution >= 0.6 is 11.8 Å². The van der Waals surface area contributed by atoms with Crippen molar-refractivity contribution in [1.82, 2.24) is 14.9 Å². The third kappa shape index (κ3) is 5.59. The van der Waals surface area contributed by atoms with Crippen LogP contribution in [0.3, 0.4) is 0 Å². The number of hydrogen-bond donors (Lipinski definition) is 1. The summed E-state index contributed by atoms with van der Waals surface area (Å²) < 4.78 is 20.5. The lowest BCUT2D eigenvalue weighted by molar-refractivity contribution is -0.116. The minimum Gasteiger partial charge on any atom is -0.485 e. The molecule has 2 N–H and O–H groups in total. The van der Waals surface area contributed by atoms with Gasteiger partial charge in [-0.3, -0.25) is 4.79 Å². The molecule has 0 bridgehead atoms. The average Bonchev–Trinajstić information content (AvgIpc) is 3.11. The highest BCUT2D eigenvalue weighted by atomic mass is 32.2. The number of benzene rings is 2. The van der Waals surface area contributed by atoms with Gasteiger partial charge in [-0.2, -0.15) is 0 Å². The molecule has 0 aliphatic heterocycles. The van der Waals surface area contributed by atoms with Crippen LogP contribution < -0.4 is 15.5 Å². The first-order valence-corrected chi connectivity index (χ1v) is 11.4. The third-order valence-corrected chi connectivity index (χ3v) is 5.89. The number of halogens is 1. The number of anilines is 1. The van der Waals surface area contributed by atoms with Crippen LogP contribution in [0.15, 0.2) is 47.6 Å². The molecular weight excluding hydrogens is 429 g/mol. The van der Waals surface area contributed by atoms with Crippen molar-refractivity contribution in [2.45, 2.75) is 45.4 Å². The second-order valence-electron chi connectivity index (χ2n) is 7.66. The third-order valence-electron chi connectivity index (χ3n) is 4.96. The van der Waals surface area contributed by atoms with Crippen LogP contribution in [0.5, 0.6) is 5.75 Å². The number of rotatable bonds is 9. The van der Waals surface area contributed by atoms with Gasteiger partial charge in [0.15, 0.2) is 5.82 Å². The molecule has 170 valence electrons. The monoisotopic (exact) mass is 457 g/mol. The molecule has 0 fully saturated rings. The molecule has 0 radical (unpaired) electrons. The number of nitrogen functional groups attached to an aromatic ring is 1. The van der Waals surface area contributed by atoms with Crippen molar-refractivity contribution in [3.8, 4) is 5.75 Å². The van der Waals surface area contributed by atoms with Gasteiger partial charge in [-0.15, -0.1) is 10.2 Å². The molecule has 2 aromatic carbocycles. The Balaban J connectivity index is 1.63. The lowest BCUT2D eigenvalue weighted by Crippen LogP contribution is -2.32. The van der Waals surface area contributed by atoms with Gasteiger partial charge in [-0.25, -0.2) is 9.07 Å². The number of amides is 1. The second kappa shape index (κ2) is 10.5. The predicted octanol–water partition coefficient (Wildman–Crippen LogP) is 4.29. The molecule has 0 unspecified atom stereocenters. The summed E-state index contributed by atoms with van der Waals surface area (Å²) in [6.07, 6.45) is 0. The average molecular weight is 458 g/mol. The fourth-order valence-electron chi connectivity index (χ4n) is 3.22. The van der Waals surface area contributed by atoms with E-state index >= 15 is 0 Å². The van der Waals surface area contributed by atoms with Crippen LogP contribution in [-0.4, -0.2) is 33.1 Å². The number of aromatic nitrogens is 3. The van der Waals surface area contributed by atoms with Crippen molar-refractivity contribution in [2.75, 3.05) is 23.0 Å². The van der Waals surface area contributed by atoms with Gasteiger partial charge in [0.05, 0.1) is 5.75 Å². The van der Waals surface area contributed by atoms with Crippen LogP contribution in [-0.2, 0) is 11.4 Å². The van der Waals surface area contributed by atoms with Crippen molar-refractivity contribution < 1.29 is 13.9 Å². The van der Waals surface area contributed by atoms with Crippen LogP contribution in [0.2, 0.25) is 0 Å². The quantitative estimate of drug-likeness (QED) is 0.381. The van der Waals surface area contributed by atoms with Gasteiger partial charge in [0.25, 0.3) is 0 Å². The predicted molar refractivity (Wildman–Crippen MR) is 125 cm³/mol. The SMILES string of the molecule is CCN(C(=O)CSc1nnc(COc2cc(C)ccc2C(C)C)n1N)c1ccc(F)cc1. The molecule has 9 heteroatoms. The van der Waals surface area contributed by atoms with Gasteiger partial charge in [-0.05, 0) is 61.2 Å². The maximum absolute atomic E-state index is 13.2. The molecule has 3 aromatic rings. The number of thioether (sulfide) groups is 1. The van der Waals surface area contributed by atoms with Gasteiger partial charge in [0.2, 0.25) is 11.1 Å². The van der Waals surface area contributed by atoms with E-state index in [1.807, 2.05) is 19.9 Å². The Morgan fingerprint density at radius 2 is 1.94 bits per heavy atom. The number of nitrogens with zero attached hydrogens (tertiary/aromatic N) is 4. The number of hydrogen-bond acceptors (Lipinski definition) is 6. The molecule has 7 nitrogen and oxygen atoms in total. The molecule has 0 saturated carbocycles. The molecule has 32 heavy (non-hydrogen) atoms. The van der Waals surface area contributed by atoms with Crippen molar-refractivity contribution in [1.29, 1.82) is 0 Å². The van der Waals surface area contributed by atoms with E-state index in [4.69, 9.17) is 10.6 Å². The Kier molecular flexibility index (Phi) is 7.74. The minimum absolute atomic E-state index is 0.122. The zero-order valence-electron chi connectivity index (χ0n) is 18.7. The topological polar surface area (TPSA) is 86.3 Å². The minimum atomic E-state index is -0.344. The first-order chi connectivity index (χ1) is 15.3. The maximum Gasteiger partial charge on any atom is 0.237 e. The number of carbonyl (C=O) groups excluding carboxylic acids is 1. The number of ether oxygens (including phenoxy) is 1. The summed E-state index contributed by atoms with van der Waals surface area (Å²) in [6.45, 7) is 8.73. The Morgan fingerprint density at radius 3 is 2.59 bits per heavy atom. The lowest BCUT2D eigenvalue weighted by Gasteiger charge is -2.20. The summed E-state index contributed by atoms with van der Waals surface area (Å²) in [7, 11) is 0. The molecule has 0 saturated heterocycles. The van der Waals surface area contributed by atoms with Gasteiger partial charge >= 0.3 is 0 Å². The van der Waals surface area contributed by atoms with E-state index in [2.05, 4.69) is 36.2 Å². The van der Waals surface area contributed by atoms with E-state index in [9.17, 15) is 9.18 Å². The maximum atomic E-state index is 13.2. The first-order valence-electron chi connectivity index (χ1n) is 10.4. The highest BCUT2D eigenvalue weighted by molar-refractivity contribution is 7.99. The van der Waals surface area contributed by atoms with Crippen LogP contribution in [0.4, 0.5) is 10.1 Å². The number of carbonyl (C=O) groups is 1. The van der Waals surface area contributed by atoms with Crippen molar-refractivity contribution >= 4 is 23.4 Å². The van der Waals surface area contributed by atoms with E-state index < -0.39 is 0 Å². The molecule has 0 aliphatic carbocycles. The fraction of sp³-hybridized carbons (Fsp3) is 0.348. The Hall–Kier alpha value is -3.07. The summed E-state index contributed by atoms with van der Waals surface area (Å²) in [6, 6.07) is 12.0. The summed E-state index contributed by atoms with van der Waals surface area (Å²) in [5, 5.41) is 8.63. The summed E-state index contributed by atoms with van der Waals surface area (Å²) in [5.41, 5.74) is 2.86. The van der Waals surface area contributed by atoms with E-state index in [-0.39, 0.29) is 24.1 Å². The van der Waals surface area contributed by atoms with Crippen molar-refractivity contribution in [2.24, 2.45) is 0 Å². The van der Waals surface area contributed by atoms with E-state index in [0.29, 0.717) is 29.1 Å². The zero-order valence-corrected chi connectivity index (χ0v) is 19.5. The number of aryl methyl sites for hydroxylation is 1. The highest BCUT2D eigenvalue weighted by Gasteiger charge is 2.18. The lowest BCUT2D eigenvalue weighted by atomic mass is 10.0. The van der Waals surface area contributed by atoms with Gasteiger partial charge in [0.1, 0.15) is 18.2 Å². The van der Waals surface area contributed by atoms with Crippen LogP contribution in [0, 0.1) is 12.7 Å². The molecular formula is C23H28FN5O2S. The molecule has 0 spiro atoms. The van der Waals surface area contributed by atoms with Crippen molar-refractivity contribution in [3.05, 3.63) is 65.2 Å². The van der Waals surface area contributed by atoms with E-state index in [0.717, 1.165) is 16.9 Å². The Labute approximate surface area is 191 Å². The molecule has 0 atom stereocenters. The van der Waals surface area contributed by atoms with E-state index in [1.54, 1.807) is 17.0 Å². The molecule has 1 amide bonds. The molecule has 1 aromatic heterocycles. The fourth-order valence-corrected chi connectivity index (χ4v) is 3.97. The van der Waals surface area contributed by atoms with Crippen LogP contribution in [0.25, 0.3) is 0 Å². The summed E-state index contributed by atoms with van der Waals surface area (Å²) in [4.78, 5) is 14.3. The Morgan fingerprint density at radius 1 is 1.22 bits per heavy atom. The Bertz CT molecular complexity index is 1070. The molecule has 0 aliphatic rings. The highest BCUT2D eigenvalue weighted by Crippen LogP contribution is 2.28. The normalized spacial score (nSPS) is 11.1. The summed E-state index contributed by atoms with van der Waals surface area (Å²) >= 11 is 1.19. The van der Waals surface area contributed by atoms with Gasteiger partial charge in [0, 0.05) is 12.2 Å². The smallest absolute Gasteiger partial charge is 0.237 e. The summed E-state index contributed by atoms with van der Waals surface area (Å²) in [5.74, 6) is 7.36. The molecule has 3 rings (SSSR count). The van der Waals surface area contributed by atoms with Crippen LogP contribution in [0.1, 0.15) is 43.6 Å². The largest absolute Gasteiger partial charge is 0.485 e. The van der Waals surface area contributed by atoms with E-state index in [1.165, 1.54) is 28.6 Å².